The molecule has 0 N–H and O–H groups in total. The van der Waals surface area contributed by atoms with Crippen LogP contribution in [0, 0.1) is 0 Å². The molecule has 3 heteroatoms. The third kappa shape index (κ3) is 2.49. The highest BCUT2D eigenvalue weighted by Crippen LogP contribution is 2.34. The Balaban J connectivity index is 2.27. The first-order chi connectivity index (χ1) is 8.24. The first kappa shape index (κ1) is 11.7. The number of rotatable bonds is 3. The van der Waals surface area contributed by atoms with E-state index in [0.717, 1.165) is 12.0 Å². The van der Waals surface area contributed by atoms with Crippen LogP contribution in [-0.4, -0.2) is 20.0 Å². The number of benzene rings is 1. The molecule has 1 aliphatic rings. The van der Waals surface area contributed by atoms with Gasteiger partial charge >= 0.3 is 0 Å². The SMILES string of the molecule is COc1ccc(C2CC=CC(=O)C2)cc1OC. The van der Waals surface area contributed by atoms with Gasteiger partial charge in [0.2, 0.25) is 0 Å². The van der Waals surface area contributed by atoms with Crippen molar-refractivity contribution < 1.29 is 14.3 Å². The third-order valence-corrected chi connectivity index (χ3v) is 3.05. The molecule has 1 unspecified atom stereocenters. The summed E-state index contributed by atoms with van der Waals surface area (Å²) in [7, 11) is 3.23. The fourth-order valence-electron chi connectivity index (χ4n) is 2.12. The number of allylic oxidation sites excluding steroid dienone is 2. The van der Waals surface area contributed by atoms with E-state index in [1.165, 1.54) is 0 Å². The lowest BCUT2D eigenvalue weighted by atomic mass is 9.87. The number of methoxy groups -OCH3 is 2. The summed E-state index contributed by atoms with van der Waals surface area (Å²) in [6.45, 7) is 0. The predicted octanol–water partition coefficient (Wildman–Crippen LogP) is 2.71. The second kappa shape index (κ2) is 5.04. The smallest absolute Gasteiger partial charge is 0.160 e. The summed E-state index contributed by atoms with van der Waals surface area (Å²) >= 11 is 0. The Hall–Kier alpha value is -1.77. The van der Waals surface area contributed by atoms with E-state index in [0.29, 0.717) is 17.9 Å². The molecule has 0 saturated carbocycles. The molecule has 0 saturated heterocycles. The van der Waals surface area contributed by atoms with Gasteiger partial charge in [0.25, 0.3) is 0 Å². The highest BCUT2D eigenvalue weighted by Gasteiger charge is 2.18. The number of ketones is 1. The molecule has 3 nitrogen and oxygen atoms in total. The summed E-state index contributed by atoms with van der Waals surface area (Å²) in [5.41, 5.74) is 1.13. The molecule has 0 fully saturated rings. The van der Waals surface area contributed by atoms with E-state index in [1.54, 1.807) is 20.3 Å². The molecule has 17 heavy (non-hydrogen) atoms. The van der Waals surface area contributed by atoms with Crippen molar-refractivity contribution in [2.45, 2.75) is 18.8 Å². The van der Waals surface area contributed by atoms with Gasteiger partial charge in [-0.25, -0.2) is 0 Å². The average molecular weight is 232 g/mol. The Labute approximate surface area is 101 Å². The summed E-state index contributed by atoms with van der Waals surface area (Å²) in [4.78, 5) is 11.4. The lowest BCUT2D eigenvalue weighted by molar-refractivity contribution is -0.115. The minimum atomic E-state index is 0.191. The average Bonchev–Trinajstić information content (AvgIpc) is 2.38. The second-order valence-corrected chi connectivity index (χ2v) is 4.12. The van der Waals surface area contributed by atoms with Gasteiger partial charge in [0, 0.05) is 6.42 Å². The number of carbonyl (C=O) groups is 1. The van der Waals surface area contributed by atoms with Crippen LogP contribution in [0.2, 0.25) is 0 Å². The van der Waals surface area contributed by atoms with Gasteiger partial charge in [0.15, 0.2) is 17.3 Å². The maximum atomic E-state index is 11.4. The van der Waals surface area contributed by atoms with Crippen molar-refractivity contribution in [1.29, 1.82) is 0 Å². The number of hydrogen-bond acceptors (Lipinski definition) is 3. The van der Waals surface area contributed by atoms with Gasteiger partial charge in [-0.2, -0.15) is 0 Å². The zero-order valence-corrected chi connectivity index (χ0v) is 10.1. The predicted molar refractivity (Wildman–Crippen MR) is 65.7 cm³/mol. The van der Waals surface area contributed by atoms with Crippen LogP contribution in [0.4, 0.5) is 0 Å². The summed E-state index contributed by atoms with van der Waals surface area (Å²) in [6, 6.07) is 5.84. The van der Waals surface area contributed by atoms with Crippen molar-refractivity contribution in [3.63, 3.8) is 0 Å². The molecule has 1 aromatic rings. The Morgan fingerprint density at radius 1 is 1.18 bits per heavy atom. The fraction of sp³-hybridized carbons (Fsp3) is 0.357. The van der Waals surface area contributed by atoms with Gasteiger partial charge in [0.05, 0.1) is 14.2 Å². The van der Waals surface area contributed by atoms with E-state index in [1.807, 2.05) is 24.3 Å². The molecule has 90 valence electrons. The van der Waals surface area contributed by atoms with E-state index in [2.05, 4.69) is 0 Å². The minimum Gasteiger partial charge on any atom is -0.493 e. The molecule has 0 aliphatic heterocycles. The van der Waals surface area contributed by atoms with Gasteiger partial charge in [-0.1, -0.05) is 12.1 Å². The summed E-state index contributed by atoms with van der Waals surface area (Å²) in [6.07, 6.45) is 5.08. The lowest BCUT2D eigenvalue weighted by Gasteiger charge is -2.18. The largest absolute Gasteiger partial charge is 0.493 e. The lowest BCUT2D eigenvalue weighted by Crippen LogP contribution is -2.09. The van der Waals surface area contributed by atoms with Crippen LogP contribution in [0.15, 0.2) is 30.4 Å². The van der Waals surface area contributed by atoms with Crippen molar-refractivity contribution in [2.24, 2.45) is 0 Å². The summed E-state index contributed by atoms with van der Waals surface area (Å²) in [5.74, 6) is 1.88. The Morgan fingerprint density at radius 3 is 2.59 bits per heavy atom. The highest BCUT2D eigenvalue weighted by molar-refractivity contribution is 5.91. The normalized spacial score (nSPS) is 19.2. The topological polar surface area (TPSA) is 35.5 Å². The molecule has 2 rings (SSSR count). The molecular weight excluding hydrogens is 216 g/mol. The summed E-state index contributed by atoms with van der Waals surface area (Å²) in [5, 5.41) is 0. The number of hydrogen-bond donors (Lipinski definition) is 0. The maximum Gasteiger partial charge on any atom is 0.160 e. The molecule has 1 aliphatic carbocycles. The van der Waals surface area contributed by atoms with Gasteiger partial charge in [0.1, 0.15) is 0 Å². The number of ether oxygens (including phenoxy) is 2. The molecule has 0 aromatic heterocycles. The minimum absolute atomic E-state index is 0.191. The summed E-state index contributed by atoms with van der Waals surface area (Å²) < 4.78 is 10.5. The van der Waals surface area contributed by atoms with E-state index in [9.17, 15) is 4.79 Å². The van der Waals surface area contributed by atoms with E-state index in [-0.39, 0.29) is 11.7 Å². The Morgan fingerprint density at radius 2 is 1.94 bits per heavy atom. The van der Waals surface area contributed by atoms with E-state index >= 15 is 0 Å². The number of carbonyl (C=O) groups excluding carboxylic acids is 1. The molecular formula is C14H16O3. The molecule has 0 heterocycles. The first-order valence-corrected chi connectivity index (χ1v) is 5.66. The van der Waals surface area contributed by atoms with Crippen molar-refractivity contribution in [2.75, 3.05) is 14.2 Å². The molecule has 0 radical (unpaired) electrons. The zero-order valence-electron chi connectivity index (χ0n) is 10.1. The van der Waals surface area contributed by atoms with E-state index in [4.69, 9.17) is 9.47 Å². The Kier molecular flexibility index (Phi) is 3.47. The molecule has 0 spiro atoms. The van der Waals surface area contributed by atoms with Crippen LogP contribution in [0.5, 0.6) is 11.5 Å². The molecule has 1 aromatic carbocycles. The van der Waals surface area contributed by atoms with Crippen LogP contribution in [0.1, 0.15) is 24.3 Å². The van der Waals surface area contributed by atoms with Crippen LogP contribution in [0.3, 0.4) is 0 Å². The molecule has 1 atom stereocenters. The van der Waals surface area contributed by atoms with Crippen LogP contribution in [0.25, 0.3) is 0 Å². The van der Waals surface area contributed by atoms with Crippen LogP contribution in [-0.2, 0) is 4.79 Å². The quantitative estimate of drug-likeness (QED) is 0.803. The Bertz CT molecular complexity index is 449. The van der Waals surface area contributed by atoms with Gasteiger partial charge in [-0.15, -0.1) is 0 Å². The maximum absolute atomic E-state index is 11.4. The molecule has 0 bridgehead atoms. The second-order valence-electron chi connectivity index (χ2n) is 4.12. The van der Waals surface area contributed by atoms with Crippen molar-refractivity contribution in [1.82, 2.24) is 0 Å². The highest BCUT2D eigenvalue weighted by atomic mass is 16.5. The van der Waals surface area contributed by atoms with Gasteiger partial charge in [-0.3, -0.25) is 4.79 Å². The fourth-order valence-corrected chi connectivity index (χ4v) is 2.12. The van der Waals surface area contributed by atoms with Crippen molar-refractivity contribution in [3.8, 4) is 11.5 Å². The van der Waals surface area contributed by atoms with Crippen molar-refractivity contribution in [3.05, 3.63) is 35.9 Å². The zero-order chi connectivity index (χ0) is 12.3. The van der Waals surface area contributed by atoms with Crippen LogP contribution >= 0.6 is 0 Å². The van der Waals surface area contributed by atoms with Gasteiger partial charge in [-0.05, 0) is 36.1 Å². The first-order valence-electron chi connectivity index (χ1n) is 5.66. The van der Waals surface area contributed by atoms with E-state index < -0.39 is 0 Å². The monoisotopic (exact) mass is 232 g/mol. The van der Waals surface area contributed by atoms with Crippen molar-refractivity contribution >= 4 is 5.78 Å². The standard InChI is InChI=1S/C14H16O3/c1-16-13-7-6-11(9-14(13)17-2)10-4-3-5-12(15)8-10/h3,5-7,9-10H,4,8H2,1-2H3. The molecule has 0 amide bonds. The van der Waals surface area contributed by atoms with Gasteiger partial charge < -0.3 is 9.47 Å². The third-order valence-electron chi connectivity index (χ3n) is 3.05. The van der Waals surface area contributed by atoms with Crippen LogP contribution < -0.4 is 9.47 Å².